The van der Waals surface area contributed by atoms with Crippen molar-refractivity contribution in [1.82, 2.24) is 19.6 Å². The summed E-state index contributed by atoms with van der Waals surface area (Å²) in [6.45, 7) is 2.23. The molecule has 0 aromatic carbocycles. The fourth-order valence-corrected chi connectivity index (χ4v) is 2.31. The van der Waals surface area contributed by atoms with Gasteiger partial charge >= 0.3 is 5.82 Å². The number of hydrogen-bond donors (Lipinski definition) is 0. The van der Waals surface area contributed by atoms with Gasteiger partial charge in [-0.15, -0.1) is 0 Å². The Bertz CT molecular complexity index is 634. The van der Waals surface area contributed by atoms with Crippen LogP contribution in [0.1, 0.15) is 18.3 Å². The van der Waals surface area contributed by atoms with Crippen molar-refractivity contribution in [2.75, 3.05) is 0 Å². The molecule has 0 atom stereocenters. The first kappa shape index (κ1) is 13.8. The van der Waals surface area contributed by atoms with Crippen molar-refractivity contribution < 1.29 is 4.92 Å². The number of nitrogens with zero attached hydrogens (tertiary/aromatic N) is 5. The highest BCUT2D eigenvalue weighted by atomic mass is 35.5. The normalized spacial score (nSPS) is 10.9. The Balaban J connectivity index is 2.34. The molecule has 0 amide bonds. The summed E-state index contributed by atoms with van der Waals surface area (Å²) in [4.78, 5) is 10.0. The van der Waals surface area contributed by atoms with Gasteiger partial charge in [0.25, 0.3) is 0 Å². The minimum atomic E-state index is -0.624. The minimum Gasteiger partial charge on any atom is -0.358 e. The van der Waals surface area contributed by atoms with Crippen LogP contribution < -0.4 is 0 Å². The van der Waals surface area contributed by atoms with Gasteiger partial charge in [-0.3, -0.25) is 4.68 Å². The summed E-state index contributed by atoms with van der Waals surface area (Å²) in [5.41, 5.74) is 1.51. The molecule has 0 spiro atoms. The van der Waals surface area contributed by atoms with Crippen LogP contribution in [-0.4, -0.2) is 24.5 Å². The summed E-state index contributed by atoms with van der Waals surface area (Å²) in [6, 6.07) is 0. The highest BCUT2D eigenvalue weighted by Gasteiger charge is 2.21. The number of nitro groups is 1. The van der Waals surface area contributed by atoms with E-state index in [0.29, 0.717) is 11.4 Å². The highest BCUT2D eigenvalue weighted by molar-refractivity contribution is 6.32. The smallest absolute Gasteiger partial charge is 0.358 e. The second kappa shape index (κ2) is 5.18. The van der Waals surface area contributed by atoms with Crippen LogP contribution in [0.2, 0.25) is 10.0 Å². The van der Waals surface area contributed by atoms with Gasteiger partial charge in [0.05, 0.1) is 27.7 Å². The molecule has 0 radical (unpaired) electrons. The van der Waals surface area contributed by atoms with Crippen LogP contribution >= 0.6 is 23.2 Å². The predicted molar refractivity (Wildman–Crippen MR) is 70.6 cm³/mol. The summed E-state index contributed by atoms with van der Waals surface area (Å²) in [5, 5.41) is 19.3. The molecule has 0 N–H and O–H groups in total. The van der Waals surface area contributed by atoms with Crippen molar-refractivity contribution in [2.24, 2.45) is 7.05 Å². The second-order valence-corrected chi connectivity index (χ2v) is 4.73. The largest absolute Gasteiger partial charge is 0.408 e. The molecule has 19 heavy (non-hydrogen) atoms. The van der Waals surface area contributed by atoms with E-state index in [2.05, 4.69) is 10.2 Å². The number of halogens is 2. The van der Waals surface area contributed by atoms with Crippen LogP contribution in [0.15, 0.2) is 6.20 Å². The molecule has 0 unspecified atom stereocenters. The predicted octanol–water partition coefficient (Wildman–Crippen LogP) is 2.44. The summed E-state index contributed by atoms with van der Waals surface area (Å²) in [5.74, 6) is -0.365. The molecule has 0 saturated carbocycles. The zero-order valence-electron chi connectivity index (χ0n) is 10.3. The Labute approximate surface area is 118 Å². The van der Waals surface area contributed by atoms with Crippen LogP contribution in [0.25, 0.3) is 0 Å². The lowest BCUT2D eigenvalue weighted by Gasteiger charge is -1.99. The molecular weight excluding hydrogens is 293 g/mol. The lowest BCUT2D eigenvalue weighted by Crippen LogP contribution is -2.06. The maximum absolute atomic E-state index is 10.7. The molecule has 2 aromatic rings. The Hall–Kier alpha value is -1.60. The average Bonchev–Trinajstić information content (AvgIpc) is 2.84. The Morgan fingerprint density at radius 1 is 1.42 bits per heavy atom. The van der Waals surface area contributed by atoms with E-state index in [9.17, 15) is 10.1 Å². The topological polar surface area (TPSA) is 78.8 Å². The SMILES string of the molecule is CCc1nn(C)c(Cn2cc(Cl)c([N+](=O)[O-])n2)c1Cl. The molecule has 2 aromatic heterocycles. The van der Waals surface area contributed by atoms with Gasteiger partial charge in [-0.2, -0.15) is 9.78 Å². The summed E-state index contributed by atoms with van der Waals surface area (Å²) in [7, 11) is 1.76. The van der Waals surface area contributed by atoms with E-state index < -0.39 is 4.92 Å². The third-order valence-electron chi connectivity index (χ3n) is 2.69. The van der Waals surface area contributed by atoms with Gasteiger partial charge < -0.3 is 10.1 Å². The highest BCUT2D eigenvalue weighted by Crippen LogP contribution is 2.25. The molecule has 0 fully saturated rings. The quantitative estimate of drug-likeness (QED) is 0.642. The fourth-order valence-electron chi connectivity index (χ4n) is 1.74. The van der Waals surface area contributed by atoms with E-state index >= 15 is 0 Å². The summed E-state index contributed by atoms with van der Waals surface area (Å²) in [6.07, 6.45) is 2.11. The standard InChI is InChI=1S/C10H11Cl2N5O2/c1-3-7-9(12)8(15(2)13-7)5-16-4-6(11)10(14-16)17(18)19/h4H,3,5H2,1-2H3. The molecule has 0 saturated heterocycles. The zero-order chi connectivity index (χ0) is 14.2. The van der Waals surface area contributed by atoms with Crippen LogP contribution in [0.4, 0.5) is 5.82 Å². The van der Waals surface area contributed by atoms with Gasteiger partial charge in [0.2, 0.25) is 0 Å². The van der Waals surface area contributed by atoms with E-state index in [1.54, 1.807) is 11.7 Å². The fraction of sp³-hybridized carbons (Fsp3) is 0.400. The van der Waals surface area contributed by atoms with E-state index in [1.165, 1.54) is 10.9 Å². The molecule has 0 aliphatic heterocycles. The zero-order valence-corrected chi connectivity index (χ0v) is 11.8. The Kier molecular flexibility index (Phi) is 3.77. The minimum absolute atomic E-state index is 0.000921. The van der Waals surface area contributed by atoms with Gasteiger partial charge in [-0.25, -0.2) is 0 Å². The van der Waals surface area contributed by atoms with Crippen molar-refractivity contribution in [3.63, 3.8) is 0 Å². The van der Waals surface area contributed by atoms with Gasteiger partial charge in [-0.05, 0) is 11.3 Å². The maximum Gasteiger partial charge on any atom is 0.408 e. The van der Waals surface area contributed by atoms with Crippen molar-refractivity contribution in [3.8, 4) is 0 Å². The van der Waals surface area contributed by atoms with E-state index in [0.717, 1.165) is 11.4 Å². The van der Waals surface area contributed by atoms with Crippen molar-refractivity contribution in [3.05, 3.63) is 37.7 Å². The van der Waals surface area contributed by atoms with Crippen LogP contribution in [0.3, 0.4) is 0 Å². The van der Waals surface area contributed by atoms with Crippen molar-refractivity contribution in [2.45, 2.75) is 19.9 Å². The van der Waals surface area contributed by atoms with E-state index in [4.69, 9.17) is 23.2 Å². The molecule has 2 rings (SSSR count). The van der Waals surface area contributed by atoms with Gasteiger partial charge in [0.15, 0.2) is 5.02 Å². The monoisotopic (exact) mass is 303 g/mol. The van der Waals surface area contributed by atoms with Crippen molar-refractivity contribution in [1.29, 1.82) is 0 Å². The first-order valence-corrected chi connectivity index (χ1v) is 6.27. The molecule has 0 bridgehead atoms. The van der Waals surface area contributed by atoms with Gasteiger partial charge in [-0.1, -0.05) is 30.1 Å². The molecule has 2 heterocycles. The summed E-state index contributed by atoms with van der Waals surface area (Å²) < 4.78 is 3.02. The van der Waals surface area contributed by atoms with E-state index in [1.807, 2.05) is 6.92 Å². The lowest BCUT2D eigenvalue weighted by atomic mass is 10.3. The third kappa shape index (κ3) is 2.57. The molecule has 9 heteroatoms. The molecule has 102 valence electrons. The molecule has 7 nitrogen and oxygen atoms in total. The van der Waals surface area contributed by atoms with Crippen LogP contribution in [-0.2, 0) is 20.0 Å². The number of aromatic nitrogens is 4. The first-order valence-electron chi connectivity index (χ1n) is 5.51. The Morgan fingerprint density at radius 2 is 2.11 bits per heavy atom. The molecule has 0 aliphatic rings. The van der Waals surface area contributed by atoms with E-state index in [-0.39, 0.29) is 17.4 Å². The third-order valence-corrected chi connectivity index (χ3v) is 3.39. The molecule has 0 aliphatic carbocycles. The lowest BCUT2D eigenvalue weighted by molar-refractivity contribution is -0.389. The van der Waals surface area contributed by atoms with Crippen LogP contribution in [0.5, 0.6) is 0 Å². The number of hydrogen-bond acceptors (Lipinski definition) is 4. The van der Waals surface area contributed by atoms with Crippen molar-refractivity contribution >= 4 is 29.0 Å². The number of rotatable bonds is 4. The van der Waals surface area contributed by atoms with Crippen LogP contribution in [0, 0.1) is 10.1 Å². The average molecular weight is 304 g/mol. The number of aryl methyl sites for hydroxylation is 2. The first-order chi connectivity index (χ1) is 8.93. The van der Waals surface area contributed by atoms with Gasteiger partial charge in [0.1, 0.15) is 6.54 Å². The second-order valence-electron chi connectivity index (χ2n) is 3.94. The Morgan fingerprint density at radius 3 is 2.58 bits per heavy atom. The maximum atomic E-state index is 10.7. The summed E-state index contributed by atoms with van der Waals surface area (Å²) >= 11 is 11.9. The van der Waals surface area contributed by atoms with Gasteiger partial charge in [0, 0.05) is 7.05 Å². The molecular formula is C10H11Cl2N5O2.